The molecule has 96 valence electrons. The van der Waals surface area contributed by atoms with Crippen molar-refractivity contribution in [3.8, 4) is 0 Å². The lowest BCUT2D eigenvalue weighted by Gasteiger charge is -2.15. The molecule has 0 saturated carbocycles. The molecule has 17 heavy (non-hydrogen) atoms. The molecule has 0 radical (unpaired) electrons. The van der Waals surface area contributed by atoms with Crippen LogP contribution in [0.1, 0.15) is 25.8 Å². The van der Waals surface area contributed by atoms with E-state index in [1.807, 2.05) is 26.0 Å². The Morgan fingerprint density at radius 2 is 2.12 bits per heavy atom. The number of aliphatic hydroxyl groups is 1. The van der Waals surface area contributed by atoms with Crippen LogP contribution in [0, 0.1) is 5.92 Å². The van der Waals surface area contributed by atoms with Crippen molar-refractivity contribution in [3.63, 3.8) is 0 Å². The van der Waals surface area contributed by atoms with Gasteiger partial charge in [-0.15, -0.1) is 0 Å². The topological polar surface area (TPSA) is 29.5 Å². The second-order valence-electron chi connectivity index (χ2n) is 4.59. The summed E-state index contributed by atoms with van der Waals surface area (Å²) in [5.74, 6) is 0.281. The van der Waals surface area contributed by atoms with E-state index in [0.717, 1.165) is 23.9 Å². The van der Waals surface area contributed by atoms with Crippen LogP contribution in [0.15, 0.2) is 28.7 Å². The first-order valence-electron chi connectivity index (χ1n) is 6.08. The monoisotopic (exact) mass is 300 g/mol. The fourth-order valence-electron chi connectivity index (χ4n) is 1.73. The molecule has 0 aromatic heterocycles. The summed E-state index contributed by atoms with van der Waals surface area (Å²) in [6.45, 7) is 5.00. The molecule has 0 aliphatic rings. The van der Waals surface area contributed by atoms with Gasteiger partial charge >= 0.3 is 0 Å². The summed E-state index contributed by atoms with van der Waals surface area (Å²) in [5, 5.41) is 9.35. The van der Waals surface area contributed by atoms with Gasteiger partial charge < -0.3 is 9.84 Å². The Labute approximate surface area is 112 Å². The summed E-state index contributed by atoms with van der Waals surface area (Å²) in [7, 11) is 0. The Balaban J connectivity index is 2.41. The smallest absolute Gasteiger partial charge is 0.0518 e. The van der Waals surface area contributed by atoms with Gasteiger partial charge in [0.25, 0.3) is 0 Å². The minimum Gasteiger partial charge on any atom is -0.396 e. The van der Waals surface area contributed by atoms with Crippen molar-refractivity contribution in [3.05, 3.63) is 34.3 Å². The Bertz CT molecular complexity index is 326. The van der Waals surface area contributed by atoms with Gasteiger partial charge in [0.05, 0.1) is 6.10 Å². The molecule has 0 saturated heterocycles. The van der Waals surface area contributed by atoms with E-state index in [-0.39, 0.29) is 18.6 Å². The van der Waals surface area contributed by atoms with Gasteiger partial charge in [-0.05, 0) is 50.3 Å². The number of hydrogen-bond acceptors (Lipinski definition) is 2. The Hall–Kier alpha value is -0.380. The minimum absolute atomic E-state index is 0.216. The first-order valence-corrected chi connectivity index (χ1v) is 6.88. The Morgan fingerprint density at radius 1 is 1.35 bits per heavy atom. The Morgan fingerprint density at radius 3 is 2.71 bits per heavy atom. The van der Waals surface area contributed by atoms with Crippen LogP contribution in [0.4, 0.5) is 0 Å². The SMILES string of the molecule is CC(C)OCCC(CO)Cc1cccc(Br)c1. The third kappa shape index (κ3) is 6.20. The predicted octanol–water partition coefficient (Wildman–Crippen LogP) is 3.42. The largest absolute Gasteiger partial charge is 0.396 e. The highest BCUT2D eigenvalue weighted by Gasteiger charge is 2.09. The fourth-order valence-corrected chi connectivity index (χ4v) is 2.17. The van der Waals surface area contributed by atoms with Gasteiger partial charge in [0.15, 0.2) is 0 Å². The van der Waals surface area contributed by atoms with E-state index >= 15 is 0 Å². The van der Waals surface area contributed by atoms with Gasteiger partial charge in [-0.2, -0.15) is 0 Å². The van der Waals surface area contributed by atoms with Crippen LogP contribution >= 0.6 is 15.9 Å². The second kappa shape index (κ2) is 7.85. The average Bonchev–Trinajstić information content (AvgIpc) is 2.27. The number of hydrogen-bond donors (Lipinski definition) is 1. The van der Waals surface area contributed by atoms with Crippen LogP contribution in [0.25, 0.3) is 0 Å². The lowest BCUT2D eigenvalue weighted by atomic mass is 9.97. The first-order chi connectivity index (χ1) is 8.11. The van der Waals surface area contributed by atoms with E-state index in [9.17, 15) is 5.11 Å². The van der Waals surface area contributed by atoms with Crippen LogP contribution in [-0.4, -0.2) is 24.4 Å². The maximum atomic E-state index is 9.35. The van der Waals surface area contributed by atoms with E-state index in [0.29, 0.717) is 0 Å². The maximum Gasteiger partial charge on any atom is 0.0518 e. The molecule has 0 bridgehead atoms. The molecule has 0 spiro atoms. The zero-order valence-corrected chi connectivity index (χ0v) is 12.1. The molecule has 1 aromatic carbocycles. The van der Waals surface area contributed by atoms with Crippen molar-refractivity contribution in [1.82, 2.24) is 0 Å². The summed E-state index contributed by atoms with van der Waals surface area (Å²) < 4.78 is 6.60. The number of ether oxygens (including phenoxy) is 1. The predicted molar refractivity (Wildman–Crippen MR) is 74.1 cm³/mol. The van der Waals surface area contributed by atoms with Crippen molar-refractivity contribution in [2.45, 2.75) is 32.8 Å². The number of halogens is 1. The molecule has 1 atom stereocenters. The Kier molecular flexibility index (Phi) is 6.78. The molecule has 1 rings (SSSR count). The highest BCUT2D eigenvalue weighted by Crippen LogP contribution is 2.17. The third-order valence-corrected chi connectivity index (χ3v) is 3.14. The minimum atomic E-state index is 0.216. The van der Waals surface area contributed by atoms with Gasteiger partial charge in [0.1, 0.15) is 0 Å². The van der Waals surface area contributed by atoms with Crippen LogP contribution in [0.3, 0.4) is 0 Å². The van der Waals surface area contributed by atoms with Crippen LogP contribution in [0.2, 0.25) is 0 Å². The third-order valence-electron chi connectivity index (χ3n) is 2.65. The van der Waals surface area contributed by atoms with E-state index < -0.39 is 0 Å². The summed E-state index contributed by atoms with van der Waals surface area (Å²) in [4.78, 5) is 0. The molecule has 3 heteroatoms. The molecular formula is C14H21BrO2. The summed E-state index contributed by atoms with van der Waals surface area (Å²) in [6, 6.07) is 8.24. The van der Waals surface area contributed by atoms with Crippen molar-refractivity contribution in [2.24, 2.45) is 5.92 Å². The number of aliphatic hydroxyl groups excluding tert-OH is 1. The lowest BCUT2D eigenvalue weighted by Crippen LogP contribution is -2.14. The standard InChI is InChI=1S/C14H21BrO2/c1-11(2)17-7-6-13(10-16)8-12-4-3-5-14(15)9-12/h3-5,9,11,13,16H,6-8,10H2,1-2H3. The number of rotatable bonds is 7. The zero-order chi connectivity index (χ0) is 12.7. The van der Waals surface area contributed by atoms with E-state index in [2.05, 4.69) is 28.1 Å². The van der Waals surface area contributed by atoms with Crippen molar-refractivity contribution in [1.29, 1.82) is 0 Å². The highest BCUT2D eigenvalue weighted by atomic mass is 79.9. The van der Waals surface area contributed by atoms with E-state index in [4.69, 9.17) is 4.74 Å². The quantitative estimate of drug-likeness (QED) is 0.836. The second-order valence-corrected chi connectivity index (χ2v) is 5.51. The summed E-state index contributed by atoms with van der Waals surface area (Å²) in [5.41, 5.74) is 1.25. The van der Waals surface area contributed by atoms with Crippen LogP contribution in [-0.2, 0) is 11.2 Å². The molecule has 0 heterocycles. The molecule has 1 N–H and O–H groups in total. The normalized spacial score (nSPS) is 13.0. The molecule has 2 nitrogen and oxygen atoms in total. The first kappa shape index (κ1) is 14.7. The van der Waals surface area contributed by atoms with Gasteiger partial charge in [0.2, 0.25) is 0 Å². The highest BCUT2D eigenvalue weighted by molar-refractivity contribution is 9.10. The molecule has 0 fully saturated rings. The van der Waals surface area contributed by atoms with Crippen molar-refractivity contribution >= 4 is 15.9 Å². The zero-order valence-electron chi connectivity index (χ0n) is 10.5. The summed E-state index contributed by atoms with van der Waals surface area (Å²) >= 11 is 3.46. The van der Waals surface area contributed by atoms with Crippen LogP contribution < -0.4 is 0 Å². The van der Waals surface area contributed by atoms with Crippen molar-refractivity contribution in [2.75, 3.05) is 13.2 Å². The van der Waals surface area contributed by atoms with Gasteiger partial charge in [-0.25, -0.2) is 0 Å². The molecule has 1 unspecified atom stereocenters. The molecule has 0 aliphatic carbocycles. The van der Waals surface area contributed by atoms with Gasteiger partial charge in [-0.1, -0.05) is 28.1 Å². The van der Waals surface area contributed by atoms with Crippen LogP contribution in [0.5, 0.6) is 0 Å². The number of benzene rings is 1. The fraction of sp³-hybridized carbons (Fsp3) is 0.571. The summed E-state index contributed by atoms with van der Waals surface area (Å²) in [6.07, 6.45) is 2.07. The molecular weight excluding hydrogens is 280 g/mol. The molecule has 0 amide bonds. The lowest BCUT2D eigenvalue weighted by molar-refractivity contribution is 0.0612. The van der Waals surface area contributed by atoms with E-state index in [1.165, 1.54) is 5.56 Å². The molecule has 1 aromatic rings. The average molecular weight is 301 g/mol. The van der Waals surface area contributed by atoms with E-state index in [1.54, 1.807) is 0 Å². The van der Waals surface area contributed by atoms with Gasteiger partial charge in [-0.3, -0.25) is 0 Å². The van der Waals surface area contributed by atoms with Gasteiger partial charge in [0, 0.05) is 17.7 Å². The van der Waals surface area contributed by atoms with Crippen molar-refractivity contribution < 1.29 is 9.84 Å². The maximum absolute atomic E-state index is 9.35. The molecule has 0 aliphatic heterocycles.